The fourth-order valence-electron chi connectivity index (χ4n) is 2.82. The van der Waals surface area contributed by atoms with Crippen LogP contribution in [0.4, 0.5) is 5.13 Å². The van der Waals surface area contributed by atoms with Crippen molar-refractivity contribution in [2.45, 2.75) is 33.8 Å². The average molecular weight is 425 g/mol. The molecule has 2 aromatic rings. The van der Waals surface area contributed by atoms with Gasteiger partial charge in [0.1, 0.15) is 17.5 Å². The van der Waals surface area contributed by atoms with Crippen LogP contribution in [-0.2, 0) is 10.0 Å². The van der Waals surface area contributed by atoms with E-state index in [1.807, 2.05) is 26.2 Å². The zero-order valence-electron chi connectivity index (χ0n) is 16.3. The standard InChI is InChI=1S/C18H24N4O4S2/c1-11(2)10-28(24,25)22-7-15(8-22)26-14-5-12(3)19-16(6-14)17(23)21-18-20-13(4)9-27-18/h5-6,9,11,15H,7-8,10H2,1-4H3,(H,20,21,23). The molecule has 0 atom stereocenters. The molecule has 0 aliphatic carbocycles. The van der Waals surface area contributed by atoms with Gasteiger partial charge in [0.2, 0.25) is 10.0 Å². The maximum Gasteiger partial charge on any atom is 0.276 e. The summed E-state index contributed by atoms with van der Waals surface area (Å²) in [5.41, 5.74) is 1.71. The van der Waals surface area contributed by atoms with E-state index in [2.05, 4.69) is 15.3 Å². The molecule has 0 unspecified atom stereocenters. The van der Waals surface area contributed by atoms with Crippen molar-refractivity contribution in [1.82, 2.24) is 14.3 Å². The summed E-state index contributed by atoms with van der Waals surface area (Å²) in [6.07, 6.45) is -0.235. The van der Waals surface area contributed by atoms with Crippen LogP contribution in [-0.4, -0.2) is 53.5 Å². The van der Waals surface area contributed by atoms with Crippen LogP contribution in [0.15, 0.2) is 17.5 Å². The first-order valence-corrected chi connectivity index (χ1v) is 11.5. The number of nitrogens with zero attached hydrogens (tertiary/aromatic N) is 3. The van der Waals surface area contributed by atoms with Crippen LogP contribution in [0.25, 0.3) is 0 Å². The summed E-state index contributed by atoms with van der Waals surface area (Å²) >= 11 is 1.35. The van der Waals surface area contributed by atoms with E-state index in [0.717, 1.165) is 5.69 Å². The van der Waals surface area contributed by atoms with Gasteiger partial charge in [0.05, 0.1) is 24.5 Å². The molecule has 1 N–H and O–H groups in total. The molecule has 10 heteroatoms. The Morgan fingerprint density at radius 3 is 2.61 bits per heavy atom. The Balaban J connectivity index is 1.62. The maximum absolute atomic E-state index is 12.4. The van der Waals surface area contributed by atoms with Gasteiger partial charge in [0.15, 0.2) is 5.13 Å². The number of rotatable bonds is 7. The average Bonchev–Trinajstić information content (AvgIpc) is 2.93. The fraction of sp³-hybridized carbons (Fsp3) is 0.500. The zero-order chi connectivity index (χ0) is 20.5. The lowest BCUT2D eigenvalue weighted by atomic mass is 10.2. The van der Waals surface area contributed by atoms with Gasteiger partial charge in [-0.3, -0.25) is 10.1 Å². The molecule has 1 amide bonds. The van der Waals surface area contributed by atoms with Crippen LogP contribution >= 0.6 is 11.3 Å². The molecule has 0 radical (unpaired) electrons. The number of aromatic nitrogens is 2. The van der Waals surface area contributed by atoms with E-state index in [9.17, 15) is 13.2 Å². The molecule has 28 heavy (non-hydrogen) atoms. The minimum absolute atomic E-state index is 0.0792. The van der Waals surface area contributed by atoms with Crippen molar-refractivity contribution in [3.8, 4) is 5.75 Å². The van der Waals surface area contributed by atoms with Crippen LogP contribution in [0.1, 0.15) is 35.7 Å². The van der Waals surface area contributed by atoms with Gasteiger partial charge < -0.3 is 4.74 Å². The number of carbonyl (C=O) groups excluding carboxylic acids is 1. The zero-order valence-corrected chi connectivity index (χ0v) is 17.9. The number of nitrogens with one attached hydrogen (secondary N) is 1. The Morgan fingerprint density at radius 2 is 2.00 bits per heavy atom. The number of amides is 1. The van der Waals surface area contributed by atoms with Gasteiger partial charge >= 0.3 is 0 Å². The number of thiazole rings is 1. The molecule has 3 heterocycles. The molecule has 2 aromatic heterocycles. The summed E-state index contributed by atoms with van der Waals surface area (Å²) in [5.74, 6) is 0.348. The van der Waals surface area contributed by atoms with E-state index in [0.29, 0.717) is 29.7 Å². The second-order valence-electron chi connectivity index (χ2n) is 7.31. The van der Waals surface area contributed by atoms with Crippen LogP contribution < -0.4 is 10.1 Å². The van der Waals surface area contributed by atoms with Gasteiger partial charge in [-0.15, -0.1) is 11.3 Å². The largest absolute Gasteiger partial charge is 0.488 e. The molecule has 1 aliphatic heterocycles. The lowest BCUT2D eigenvalue weighted by Crippen LogP contribution is -2.56. The summed E-state index contributed by atoms with van der Waals surface area (Å²) in [6.45, 7) is 8.02. The normalized spacial score (nSPS) is 15.5. The van der Waals surface area contributed by atoms with Gasteiger partial charge in [-0.2, -0.15) is 4.31 Å². The predicted molar refractivity (Wildman–Crippen MR) is 108 cm³/mol. The summed E-state index contributed by atoms with van der Waals surface area (Å²) in [5, 5.41) is 5.09. The number of sulfonamides is 1. The smallest absolute Gasteiger partial charge is 0.276 e. The van der Waals surface area contributed by atoms with E-state index in [-0.39, 0.29) is 29.4 Å². The van der Waals surface area contributed by atoms with Gasteiger partial charge in [-0.25, -0.2) is 18.4 Å². The van der Waals surface area contributed by atoms with Gasteiger partial charge in [-0.1, -0.05) is 13.8 Å². The third-order valence-corrected chi connectivity index (χ3v) is 7.10. The second-order valence-corrected chi connectivity index (χ2v) is 10.2. The summed E-state index contributed by atoms with van der Waals surface area (Å²) in [6, 6.07) is 3.30. The van der Waals surface area contributed by atoms with Crippen LogP contribution in [0.3, 0.4) is 0 Å². The molecule has 3 rings (SSSR count). The van der Waals surface area contributed by atoms with E-state index < -0.39 is 10.0 Å². The number of hydrogen-bond acceptors (Lipinski definition) is 7. The molecule has 0 saturated carbocycles. The minimum Gasteiger partial charge on any atom is -0.488 e. The highest BCUT2D eigenvalue weighted by molar-refractivity contribution is 7.89. The Bertz CT molecular complexity index is 966. The summed E-state index contributed by atoms with van der Waals surface area (Å²) in [4.78, 5) is 20.9. The van der Waals surface area contributed by atoms with Crippen molar-refractivity contribution in [3.63, 3.8) is 0 Å². The fourth-order valence-corrected chi connectivity index (χ4v) is 5.34. The minimum atomic E-state index is -3.24. The Morgan fingerprint density at radius 1 is 1.29 bits per heavy atom. The van der Waals surface area contributed by atoms with Crippen molar-refractivity contribution in [3.05, 3.63) is 34.6 Å². The lowest BCUT2D eigenvalue weighted by molar-refractivity contribution is 0.0756. The summed E-state index contributed by atoms with van der Waals surface area (Å²) < 4.78 is 31.7. The Hall–Kier alpha value is -2.04. The molecule has 152 valence electrons. The van der Waals surface area contributed by atoms with Crippen molar-refractivity contribution >= 4 is 32.4 Å². The van der Waals surface area contributed by atoms with Gasteiger partial charge in [0, 0.05) is 23.2 Å². The van der Waals surface area contributed by atoms with Crippen molar-refractivity contribution < 1.29 is 17.9 Å². The topological polar surface area (TPSA) is 101 Å². The molecule has 0 spiro atoms. The SMILES string of the molecule is Cc1cc(OC2CN(S(=O)(=O)CC(C)C)C2)cc(C(=O)Nc2nc(C)cs2)n1. The maximum atomic E-state index is 12.4. The highest BCUT2D eigenvalue weighted by Gasteiger charge is 2.37. The van der Waals surface area contributed by atoms with E-state index >= 15 is 0 Å². The second kappa shape index (κ2) is 8.14. The first-order chi connectivity index (χ1) is 13.1. The monoisotopic (exact) mass is 424 g/mol. The van der Waals surface area contributed by atoms with Crippen molar-refractivity contribution in [1.29, 1.82) is 0 Å². The molecule has 0 aromatic carbocycles. The van der Waals surface area contributed by atoms with Crippen LogP contribution in [0.2, 0.25) is 0 Å². The highest BCUT2D eigenvalue weighted by atomic mass is 32.2. The lowest BCUT2D eigenvalue weighted by Gasteiger charge is -2.38. The Kier molecular flexibility index (Phi) is 6.01. The molecule has 1 fully saturated rings. The number of ether oxygens (including phenoxy) is 1. The third kappa shape index (κ3) is 5.06. The molecule has 0 bridgehead atoms. The molecule has 8 nitrogen and oxygen atoms in total. The molecule has 1 aliphatic rings. The van der Waals surface area contributed by atoms with Gasteiger partial charge in [0.25, 0.3) is 5.91 Å². The van der Waals surface area contributed by atoms with Crippen LogP contribution in [0, 0.1) is 19.8 Å². The van der Waals surface area contributed by atoms with Crippen molar-refractivity contribution in [2.75, 3.05) is 24.2 Å². The number of pyridine rings is 1. The van der Waals surface area contributed by atoms with E-state index in [1.165, 1.54) is 15.6 Å². The first-order valence-electron chi connectivity index (χ1n) is 8.99. The third-order valence-electron chi connectivity index (χ3n) is 4.05. The van der Waals surface area contributed by atoms with E-state index in [1.54, 1.807) is 19.1 Å². The quantitative estimate of drug-likeness (QED) is 0.733. The van der Waals surface area contributed by atoms with Crippen LogP contribution in [0.5, 0.6) is 5.75 Å². The molecular weight excluding hydrogens is 400 g/mol. The highest BCUT2D eigenvalue weighted by Crippen LogP contribution is 2.23. The van der Waals surface area contributed by atoms with Gasteiger partial charge in [-0.05, 0) is 19.8 Å². The molecular formula is C18H24N4O4S2. The van der Waals surface area contributed by atoms with Crippen molar-refractivity contribution in [2.24, 2.45) is 5.92 Å². The number of hydrogen-bond donors (Lipinski definition) is 1. The predicted octanol–water partition coefficient (Wildman–Crippen LogP) is 2.46. The number of anilines is 1. The number of carbonyl (C=O) groups is 1. The number of aryl methyl sites for hydroxylation is 2. The van der Waals surface area contributed by atoms with E-state index in [4.69, 9.17) is 4.74 Å². The summed E-state index contributed by atoms with van der Waals surface area (Å²) in [7, 11) is -3.24. The Labute approximate surface area is 169 Å². The molecule has 1 saturated heterocycles. The first kappa shape index (κ1) is 20.7.